The molecule has 5 nitrogen and oxygen atoms in total. The second-order valence-electron chi connectivity index (χ2n) is 5.49. The zero-order valence-electron chi connectivity index (χ0n) is 11.9. The molecule has 0 bridgehead atoms. The lowest BCUT2D eigenvalue weighted by Crippen LogP contribution is -2.29. The number of hydrogen-bond donors (Lipinski definition) is 2. The minimum atomic E-state index is -3.38. The van der Waals surface area contributed by atoms with Gasteiger partial charge in [0.25, 0.3) is 0 Å². The van der Waals surface area contributed by atoms with Crippen LogP contribution >= 0.6 is 0 Å². The summed E-state index contributed by atoms with van der Waals surface area (Å²) in [5.74, 6) is 0. The molecule has 0 saturated heterocycles. The summed E-state index contributed by atoms with van der Waals surface area (Å²) < 4.78 is 29.1. The molecule has 19 heavy (non-hydrogen) atoms. The maximum absolute atomic E-state index is 12.2. The summed E-state index contributed by atoms with van der Waals surface area (Å²) in [6.07, 6.45) is 4.97. The number of hydrogen-bond acceptors (Lipinski definition) is 3. The number of nitrogens with zero attached hydrogens (tertiary/aromatic N) is 1. The van der Waals surface area contributed by atoms with Crippen LogP contribution in [0.4, 0.5) is 0 Å². The average Bonchev–Trinajstić information content (AvgIpc) is 3.07. The summed E-state index contributed by atoms with van der Waals surface area (Å²) in [5.41, 5.74) is 1.18. The zero-order valence-corrected chi connectivity index (χ0v) is 12.7. The Hall–Kier alpha value is -0.850. The van der Waals surface area contributed by atoms with Crippen molar-refractivity contribution in [2.24, 2.45) is 12.5 Å². The first kappa shape index (κ1) is 14.6. The van der Waals surface area contributed by atoms with Crippen molar-refractivity contribution in [3.8, 4) is 0 Å². The van der Waals surface area contributed by atoms with Crippen LogP contribution in [0.1, 0.15) is 31.9 Å². The molecule has 1 aromatic rings. The normalized spacial score (nSPS) is 17.6. The molecular formula is C13H23N3O2S. The second-order valence-corrected chi connectivity index (χ2v) is 7.25. The van der Waals surface area contributed by atoms with E-state index in [-0.39, 0.29) is 5.41 Å². The van der Waals surface area contributed by atoms with E-state index in [1.54, 1.807) is 12.3 Å². The SMILES string of the molecule is CCC1(CNS(=O)(=O)c2cc(CNC)n(C)c2)CC1. The van der Waals surface area contributed by atoms with Crippen LogP contribution in [0.15, 0.2) is 17.2 Å². The van der Waals surface area contributed by atoms with Crippen molar-refractivity contribution in [2.45, 2.75) is 37.6 Å². The van der Waals surface area contributed by atoms with Crippen LogP contribution < -0.4 is 10.0 Å². The van der Waals surface area contributed by atoms with Crippen molar-refractivity contribution < 1.29 is 8.42 Å². The molecule has 1 aliphatic rings. The monoisotopic (exact) mass is 285 g/mol. The van der Waals surface area contributed by atoms with E-state index in [1.807, 2.05) is 18.7 Å². The number of aromatic nitrogens is 1. The van der Waals surface area contributed by atoms with Crippen molar-refractivity contribution >= 4 is 10.0 Å². The highest BCUT2D eigenvalue weighted by Gasteiger charge is 2.41. The third-order valence-electron chi connectivity index (χ3n) is 4.10. The summed E-state index contributed by atoms with van der Waals surface area (Å²) in [7, 11) is 0.324. The first-order valence-electron chi connectivity index (χ1n) is 6.72. The van der Waals surface area contributed by atoms with E-state index in [4.69, 9.17) is 0 Å². The Labute approximate surface area is 115 Å². The van der Waals surface area contributed by atoms with Crippen molar-refractivity contribution in [1.82, 2.24) is 14.6 Å². The Morgan fingerprint density at radius 1 is 1.42 bits per heavy atom. The van der Waals surface area contributed by atoms with Crippen LogP contribution in [-0.2, 0) is 23.6 Å². The third kappa shape index (κ3) is 3.19. The van der Waals surface area contributed by atoms with Crippen LogP contribution in [0, 0.1) is 5.41 Å². The smallest absolute Gasteiger partial charge is 0.242 e. The minimum Gasteiger partial charge on any atom is -0.352 e. The molecule has 1 heterocycles. The van der Waals surface area contributed by atoms with Crippen LogP contribution in [0.25, 0.3) is 0 Å². The molecule has 1 fully saturated rings. The maximum atomic E-state index is 12.2. The molecule has 6 heteroatoms. The molecule has 0 atom stereocenters. The van der Waals surface area contributed by atoms with Crippen LogP contribution in [-0.4, -0.2) is 26.6 Å². The number of nitrogens with one attached hydrogen (secondary N) is 2. The van der Waals surface area contributed by atoms with Gasteiger partial charge < -0.3 is 9.88 Å². The molecule has 1 saturated carbocycles. The van der Waals surface area contributed by atoms with Gasteiger partial charge in [-0.1, -0.05) is 6.92 Å². The summed E-state index contributed by atoms with van der Waals surface area (Å²) in [6, 6.07) is 1.73. The van der Waals surface area contributed by atoms with E-state index < -0.39 is 10.0 Å². The van der Waals surface area contributed by atoms with Crippen molar-refractivity contribution in [2.75, 3.05) is 13.6 Å². The molecule has 1 aliphatic carbocycles. The minimum absolute atomic E-state index is 0.218. The van der Waals surface area contributed by atoms with Crippen molar-refractivity contribution in [1.29, 1.82) is 0 Å². The lowest BCUT2D eigenvalue weighted by atomic mass is 10.1. The van der Waals surface area contributed by atoms with E-state index in [0.717, 1.165) is 25.0 Å². The van der Waals surface area contributed by atoms with Crippen LogP contribution in [0.2, 0.25) is 0 Å². The van der Waals surface area contributed by atoms with Gasteiger partial charge in [0.1, 0.15) is 0 Å². The van der Waals surface area contributed by atoms with Gasteiger partial charge in [-0.25, -0.2) is 13.1 Å². The van der Waals surface area contributed by atoms with Gasteiger partial charge in [0.05, 0.1) is 4.90 Å². The molecule has 0 spiro atoms. The zero-order chi connectivity index (χ0) is 14.1. The quantitative estimate of drug-likeness (QED) is 0.791. The molecule has 1 aromatic heterocycles. The lowest BCUT2D eigenvalue weighted by molar-refractivity contribution is 0.475. The van der Waals surface area contributed by atoms with Crippen LogP contribution in [0.3, 0.4) is 0 Å². The highest BCUT2D eigenvalue weighted by atomic mass is 32.2. The van der Waals surface area contributed by atoms with Crippen LogP contribution in [0.5, 0.6) is 0 Å². The lowest BCUT2D eigenvalue weighted by Gasteiger charge is -2.12. The molecule has 108 valence electrons. The Morgan fingerprint density at radius 3 is 2.63 bits per heavy atom. The first-order valence-corrected chi connectivity index (χ1v) is 8.20. The Balaban J connectivity index is 2.08. The average molecular weight is 285 g/mol. The van der Waals surface area contributed by atoms with Gasteiger partial charge >= 0.3 is 0 Å². The largest absolute Gasteiger partial charge is 0.352 e. The van der Waals surface area contributed by atoms with E-state index in [0.29, 0.717) is 18.0 Å². The predicted molar refractivity (Wildman–Crippen MR) is 75.3 cm³/mol. The Bertz CT molecular complexity index is 544. The molecule has 0 amide bonds. The highest BCUT2D eigenvalue weighted by Crippen LogP contribution is 2.48. The van der Waals surface area contributed by atoms with E-state index in [2.05, 4.69) is 17.0 Å². The van der Waals surface area contributed by atoms with Gasteiger partial charge in [-0.3, -0.25) is 0 Å². The fourth-order valence-electron chi connectivity index (χ4n) is 2.24. The summed E-state index contributed by atoms with van der Waals surface area (Å²) in [6.45, 7) is 3.34. The number of rotatable bonds is 7. The topological polar surface area (TPSA) is 63.1 Å². The fourth-order valence-corrected chi connectivity index (χ4v) is 3.50. The van der Waals surface area contributed by atoms with Crippen molar-refractivity contribution in [3.05, 3.63) is 18.0 Å². The van der Waals surface area contributed by atoms with Gasteiger partial charge in [0.15, 0.2) is 0 Å². The van der Waals surface area contributed by atoms with Gasteiger partial charge in [-0.05, 0) is 37.8 Å². The van der Waals surface area contributed by atoms with Gasteiger partial charge in [-0.2, -0.15) is 0 Å². The van der Waals surface area contributed by atoms with Gasteiger partial charge in [0, 0.05) is 32.0 Å². The maximum Gasteiger partial charge on any atom is 0.242 e. The molecule has 2 N–H and O–H groups in total. The molecular weight excluding hydrogens is 262 g/mol. The van der Waals surface area contributed by atoms with Crippen molar-refractivity contribution in [3.63, 3.8) is 0 Å². The third-order valence-corrected chi connectivity index (χ3v) is 5.46. The molecule has 2 rings (SSSR count). The van der Waals surface area contributed by atoms with Gasteiger partial charge in [-0.15, -0.1) is 0 Å². The van der Waals surface area contributed by atoms with E-state index in [9.17, 15) is 8.42 Å². The standard InChI is InChI=1S/C13H23N3O2S/c1-4-13(5-6-13)10-15-19(17,18)12-7-11(8-14-2)16(3)9-12/h7,9,14-15H,4-6,8,10H2,1-3H3. The Morgan fingerprint density at radius 2 is 2.11 bits per heavy atom. The fraction of sp³-hybridized carbons (Fsp3) is 0.692. The number of sulfonamides is 1. The summed E-state index contributed by atoms with van der Waals surface area (Å²) in [4.78, 5) is 0.354. The molecule has 0 unspecified atom stereocenters. The summed E-state index contributed by atoms with van der Waals surface area (Å²) >= 11 is 0. The summed E-state index contributed by atoms with van der Waals surface area (Å²) in [5, 5.41) is 3.03. The molecule has 0 aliphatic heterocycles. The predicted octanol–water partition coefficient (Wildman–Crippen LogP) is 1.21. The first-order chi connectivity index (χ1) is 8.92. The highest BCUT2D eigenvalue weighted by molar-refractivity contribution is 7.89. The van der Waals surface area contributed by atoms with E-state index in [1.165, 1.54) is 0 Å². The molecule has 0 aromatic carbocycles. The number of aryl methyl sites for hydroxylation is 1. The van der Waals surface area contributed by atoms with Gasteiger partial charge in [0.2, 0.25) is 10.0 Å². The molecule has 0 radical (unpaired) electrons. The van der Waals surface area contributed by atoms with E-state index >= 15 is 0 Å². The second kappa shape index (κ2) is 5.26. The Kier molecular flexibility index (Phi) is 4.03.